The lowest BCUT2D eigenvalue weighted by Gasteiger charge is -2.33. The van der Waals surface area contributed by atoms with E-state index in [1.807, 2.05) is 24.7 Å². The van der Waals surface area contributed by atoms with Crippen LogP contribution >= 0.6 is 11.3 Å². The average Bonchev–Trinajstić information content (AvgIpc) is 3.22. The van der Waals surface area contributed by atoms with Crippen LogP contribution in [0.2, 0.25) is 0 Å². The number of rotatable bonds is 4. The van der Waals surface area contributed by atoms with Crippen molar-refractivity contribution in [2.24, 2.45) is 11.7 Å². The summed E-state index contributed by atoms with van der Waals surface area (Å²) in [5, 5.41) is 10.7. The lowest BCUT2D eigenvalue weighted by atomic mass is 9.98. The van der Waals surface area contributed by atoms with Gasteiger partial charge in [0.2, 0.25) is 0 Å². The van der Waals surface area contributed by atoms with Gasteiger partial charge in [-0.1, -0.05) is 5.21 Å². The second-order valence-corrected chi connectivity index (χ2v) is 8.68. The summed E-state index contributed by atoms with van der Waals surface area (Å²) in [5.41, 5.74) is 8.79. The van der Waals surface area contributed by atoms with Crippen LogP contribution in [0.25, 0.3) is 10.2 Å². The van der Waals surface area contributed by atoms with Gasteiger partial charge < -0.3 is 10.6 Å². The lowest BCUT2D eigenvalue weighted by molar-refractivity contribution is 0.347. The standard InChI is InChI=1S/C18H25N7S/c1-12-10-26-16-15(12)20-11-21-17(16)24-6-4-5-13(7-24)8-25-9-14(22-23-25)18(2,3)19/h9-11,13H,4-8,19H2,1-3H3/t13-/m0/s1. The number of aryl methyl sites for hydroxylation is 1. The molecular formula is C18H25N7S. The van der Waals surface area contributed by atoms with E-state index in [-0.39, 0.29) is 0 Å². The predicted octanol–water partition coefficient (Wildman–Crippen LogP) is 2.70. The largest absolute Gasteiger partial charge is 0.355 e. The number of piperidine rings is 1. The minimum Gasteiger partial charge on any atom is -0.355 e. The van der Waals surface area contributed by atoms with E-state index < -0.39 is 5.54 Å². The molecule has 1 atom stereocenters. The molecule has 0 amide bonds. The van der Waals surface area contributed by atoms with Crippen molar-refractivity contribution < 1.29 is 0 Å². The average molecular weight is 372 g/mol. The van der Waals surface area contributed by atoms with Crippen LogP contribution in [0.15, 0.2) is 17.9 Å². The minimum atomic E-state index is -0.458. The third-order valence-electron chi connectivity index (χ3n) is 4.97. The molecule has 0 bridgehead atoms. The van der Waals surface area contributed by atoms with Crippen molar-refractivity contribution in [3.05, 3.63) is 29.2 Å². The molecular weight excluding hydrogens is 346 g/mol. The zero-order valence-electron chi connectivity index (χ0n) is 15.5. The van der Waals surface area contributed by atoms with E-state index in [1.54, 1.807) is 17.7 Å². The number of nitrogens with two attached hydrogens (primary N) is 1. The number of nitrogens with zero attached hydrogens (tertiary/aromatic N) is 6. The van der Waals surface area contributed by atoms with Gasteiger partial charge in [0.05, 0.1) is 22.0 Å². The van der Waals surface area contributed by atoms with Gasteiger partial charge in [0.15, 0.2) is 0 Å². The van der Waals surface area contributed by atoms with Crippen LogP contribution in [0, 0.1) is 12.8 Å². The molecule has 1 saturated heterocycles. The first kappa shape index (κ1) is 17.4. The van der Waals surface area contributed by atoms with Gasteiger partial charge in [-0.25, -0.2) is 9.97 Å². The normalized spacial score (nSPS) is 18.6. The van der Waals surface area contributed by atoms with Crippen molar-refractivity contribution in [2.45, 2.75) is 45.7 Å². The van der Waals surface area contributed by atoms with Crippen LogP contribution in [0.4, 0.5) is 5.82 Å². The summed E-state index contributed by atoms with van der Waals surface area (Å²) in [5.74, 6) is 1.59. The number of hydrogen-bond acceptors (Lipinski definition) is 7. The molecule has 7 nitrogen and oxygen atoms in total. The van der Waals surface area contributed by atoms with Gasteiger partial charge in [-0.3, -0.25) is 4.68 Å². The highest BCUT2D eigenvalue weighted by Gasteiger charge is 2.25. The number of aromatic nitrogens is 5. The third-order valence-corrected chi connectivity index (χ3v) is 6.06. The first-order valence-electron chi connectivity index (χ1n) is 9.05. The summed E-state index contributed by atoms with van der Waals surface area (Å²) in [4.78, 5) is 11.4. The molecule has 1 aliphatic rings. The molecule has 0 radical (unpaired) electrons. The Morgan fingerprint density at radius 3 is 2.96 bits per heavy atom. The fraction of sp³-hybridized carbons (Fsp3) is 0.556. The van der Waals surface area contributed by atoms with Crippen molar-refractivity contribution in [1.82, 2.24) is 25.0 Å². The Bertz CT molecular complexity index is 908. The Balaban J connectivity index is 1.51. The van der Waals surface area contributed by atoms with Gasteiger partial charge >= 0.3 is 0 Å². The van der Waals surface area contributed by atoms with Crippen LogP contribution in [0.3, 0.4) is 0 Å². The van der Waals surface area contributed by atoms with Crippen LogP contribution in [0.5, 0.6) is 0 Å². The quantitative estimate of drug-likeness (QED) is 0.759. The molecule has 1 aliphatic heterocycles. The zero-order chi connectivity index (χ0) is 18.3. The molecule has 138 valence electrons. The van der Waals surface area contributed by atoms with Gasteiger partial charge in [0, 0.05) is 19.6 Å². The lowest BCUT2D eigenvalue weighted by Crippen LogP contribution is -2.37. The van der Waals surface area contributed by atoms with Crippen LogP contribution in [-0.4, -0.2) is 38.1 Å². The Morgan fingerprint density at radius 1 is 1.35 bits per heavy atom. The third kappa shape index (κ3) is 3.31. The van der Waals surface area contributed by atoms with Crippen molar-refractivity contribution >= 4 is 27.4 Å². The highest BCUT2D eigenvalue weighted by molar-refractivity contribution is 7.18. The Hall–Kier alpha value is -2.06. The maximum absolute atomic E-state index is 6.12. The molecule has 2 N–H and O–H groups in total. The monoisotopic (exact) mass is 371 g/mol. The minimum absolute atomic E-state index is 0.458. The van der Waals surface area contributed by atoms with Crippen LogP contribution in [-0.2, 0) is 12.1 Å². The molecule has 3 aromatic rings. The van der Waals surface area contributed by atoms with Crippen LogP contribution in [0.1, 0.15) is 37.9 Å². The Labute approximate surface area is 157 Å². The van der Waals surface area contributed by atoms with E-state index in [1.165, 1.54) is 16.7 Å². The van der Waals surface area contributed by atoms with Gasteiger partial charge in [0.1, 0.15) is 17.8 Å². The highest BCUT2D eigenvalue weighted by atomic mass is 32.1. The molecule has 0 spiro atoms. The fourth-order valence-electron chi connectivity index (χ4n) is 3.54. The van der Waals surface area contributed by atoms with E-state index in [9.17, 15) is 0 Å². The van der Waals surface area contributed by atoms with E-state index in [0.717, 1.165) is 43.1 Å². The molecule has 0 saturated carbocycles. The van der Waals surface area contributed by atoms with E-state index >= 15 is 0 Å². The summed E-state index contributed by atoms with van der Waals surface area (Å²) in [6.45, 7) is 8.88. The van der Waals surface area contributed by atoms with Crippen molar-refractivity contribution in [3.8, 4) is 0 Å². The van der Waals surface area contributed by atoms with Crippen molar-refractivity contribution in [2.75, 3.05) is 18.0 Å². The van der Waals surface area contributed by atoms with Gasteiger partial charge in [0.25, 0.3) is 0 Å². The first-order valence-corrected chi connectivity index (χ1v) is 9.93. The van der Waals surface area contributed by atoms with E-state index in [0.29, 0.717) is 5.92 Å². The maximum Gasteiger partial charge on any atom is 0.150 e. The molecule has 0 aromatic carbocycles. The molecule has 4 heterocycles. The van der Waals surface area contributed by atoms with E-state index in [4.69, 9.17) is 5.73 Å². The van der Waals surface area contributed by atoms with E-state index in [2.05, 4.69) is 37.5 Å². The summed E-state index contributed by atoms with van der Waals surface area (Å²) < 4.78 is 3.13. The maximum atomic E-state index is 6.12. The van der Waals surface area contributed by atoms with Crippen molar-refractivity contribution in [3.63, 3.8) is 0 Å². The molecule has 4 rings (SSSR count). The molecule has 1 fully saturated rings. The Kier molecular flexibility index (Phi) is 4.40. The molecule has 0 unspecified atom stereocenters. The van der Waals surface area contributed by atoms with Crippen molar-refractivity contribution in [1.29, 1.82) is 0 Å². The topological polar surface area (TPSA) is 85.8 Å². The van der Waals surface area contributed by atoms with Crippen LogP contribution < -0.4 is 10.6 Å². The number of hydrogen-bond donors (Lipinski definition) is 1. The molecule has 3 aromatic heterocycles. The molecule has 8 heteroatoms. The summed E-state index contributed by atoms with van der Waals surface area (Å²) in [6, 6.07) is 0. The Morgan fingerprint density at radius 2 is 2.19 bits per heavy atom. The number of anilines is 1. The molecule has 26 heavy (non-hydrogen) atoms. The predicted molar refractivity (Wildman–Crippen MR) is 104 cm³/mol. The molecule has 0 aliphatic carbocycles. The first-order chi connectivity index (χ1) is 12.4. The van der Waals surface area contributed by atoms with Gasteiger partial charge in [-0.15, -0.1) is 16.4 Å². The highest BCUT2D eigenvalue weighted by Crippen LogP contribution is 2.33. The van der Waals surface area contributed by atoms with Gasteiger partial charge in [-0.05, 0) is 50.5 Å². The second-order valence-electron chi connectivity index (χ2n) is 7.80. The zero-order valence-corrected chi connectivity index (χ0v) is 16.3. The summed E-state index contributed by atoms with van der Waals surface area (Å²) >= 11 is 1.74. The number of thiophene rings is 1. The fourth-order valence-corrected chi connectivity index (χ4v) is 4.55. The van der Waals surface area contributed by atoms with Gasteiger partial charge in [-0.2, -0.15) is 0 Å². The summed E-state index contributed by atoms with van der Waals surface area (Å²) in [6.07, 6.45) is 6.01. The second kappa shape index (κ2) is 6.59. The SMILES string of the molecule is Cc1csc2c(N3CCC[C@H](Cn4cc(C(C)(C)N)nn4)C3)ncnc12. The number of fused-ring (bicyclic) bond motifs is 1. The smallest absolute Gasteiger partial charge is 0.150 e. The summed E-state index contributed by atoms with van der Waals surface area (Å²) in [7, 11) is 0.